The zero-order chi connectivity index (χ0) is 8.60. The fraction of sp³-hybridized carbons (Fsp3) is 0.250. The molecular formula is C8H10N2O2. The standard InChI is InChI=1S/C8H10N2O2/c1-8(11)5-6(9-10-8)7-3-2-4-12-7/h2-5,9-11H,1H3. The van der Waals surface area contributed by atoms with Crippen LogP contribution in [0.25, 0.3) is 5.70 Å². The van der Waals surface area contributed by atoms with E-state index in [1.807, 2.05) is 6.07 Å². The molecule has 4 nitrogen and oxygen atoms in total. The molecule has 64 valence electrons. The number of aliphatic hydroxyl groups is 1. The molecule has 0 aromatic carbocycles. The summed E-state index contributed by atoms with van der Waals surface area (Å²) in [5, 5.41) is 9.47. The minimum absolute atomic E-state index is 0.709. The van der Waals surface area contributed by atoms with Gasteiger partial charge in [-0.2, -0.15) is 0 Å². The summed E-state index contributed by atoms with van der Waals surface area (Å²) >= 11 is 0. The van der Waals surface area contributed by atoms with E-state index in [9.17, 15) is 5.11 Å². The van der Waals surface area contributed by atoms with Crippen molar-refractivity contribution in [1.29, 1.82) is 0 Å². The topological polar surface area (TPSA) is 57.4 Å². The Kier molecular flexibility index (Phi) is 1.46. The van der Waals surface area contributed by atoms with Crippen molar-refractivity contribution in [1.82, 2.24) is 10.9 Å². The maximum absolute atomic E-state index is 9.47. The molecule has 0 amide bonds. The van der Waals surface area contributed by atoms with Crippen LogP contribution in [0.3, 0.4) is 0 Å². The van der Waals surface area contributed by atoms with Crippen molar-refractivity contribution < 1.29 is 9.52 Å². The first kappa shape index (κ1) is 7.39. The second-order valence-electron chi connectivity index (χ2n) is 2.93. The van der Waals surface area contributed by atoms with E-state index in [1.165, 1.54) is 0 Å². The minimum atomic E-state index is -0.998. The number of hydrogen-bond acceptors (Lipinski definition) is 4. The fourth-order valence-electron chi connectivity index (χ4n) is 1.11. The van der Waals surface area contributed by atoms with E-state index in [2.05, 4.69) is 10.9 Å². The fourth-order valence-corrected chi connectivity index (χ4v) is 1.11. The summed E-state index contributed by atoms with van der Waals surface area (Å²) in [6, 6.07) is 3.62. The van der Waals surface area contributed by atoms with Crippen LogP contribution in [0.15, 0.2) is 28.9 Å². The lowest BCUT2D eigenvalue weighted by atomic mass is 10.2. The first-order chi connectivity index (χ1) is 5.67. The highest BCUT2D eigenvalue weighted by atomic mass is 16.3. The minimum Gasteiger partial charge on any atom is -0.463 e. The Morgan fingerprint density at radius 3 is 2.92 bits per heavy atom. The van der Waals surface area contributed by atoms with Crippen LogP contribution >= 0.6 is 0 Å². The van der Waals surface area contributed by atoms with Crippen LogP contribution in [0, 0.1) is 0 Å². The summed E-state index contributed by atoms with van der Waals surface area (Å²) in [5.41, 5.74) is 5.26. The molecule has 2 rings (SSSR count). The zero-order valence-electron chi connectivity index (χ0n) is 6.66. The van der Waals surface area contributed by atoms with Crippen molar-refractivity contribution >= 4 is 5.70 Å². The Morgan fingerprint density at radius 2 is 2.42 bits per heavy atom. The Morgan fingerprint density at radius 1 is 1.58 bits per heavy atom. The van der Waals surface area contributed by atoms with Crippen molar-refractivity contribution in [2.24, 2.45) is 0 Å². The molecule has 0 fully saturated rings. The smallest absolute Gasteiger partial charge is 0.150 e. The van der Waals surface area contributed by atoms with Crippen molar-refractivity contribution in [3.05, 3.63) is 30.2 Å². The van der Waals surface area contributed by atoms with Gasteiger partial charge in [0, 0.05) is 0 Å². The highest BCUT2D eigenvalue weighted by molar-refractivity contribution is 5.62. The quantitative estimate of drug-likeness (QED) is 0.566. The number of furan rings is 1. The van der Waals surface area contributed by atoms with Gasteiger partial charge in [-0.1, -0.05) is 0 Å². The van der Waals surface area contributed by atoms with Crippen LogP contribution in [0.1, 0.15) is 12.7 Å². The Labute approximate surface area is 69.9 Å². The molecular weight excluding hydrogens is 156 g/mol. The normalized spacial score (nSPS) is 28.3. The van der Waals surface area contributed by atoms with Crippen molar-refractivity contribution in [3.63, 3.8) is 0 Å². The lowest BCUT2D eigenvalue weighted by Gasteiger charge is -2.12. The molecule has 1 atom stereocenters. The maximum Gasteiger partial charge on any atom is 0.150 e. The average molecular weight is 166 g/mol. The molecule has 0 bridgehead atoms. The molecule has 1 aromatic rings. The van der Waals surface area contributed by atoms with Crippen molar-refractivity contribution in [3.8, 4) is 0 Å². The molecule has 0 saturated heterocycles. The van der Waals surface area contributed by atoms with Gasteiger partial charge < -0.3 is 14.9 Å². The molecule has 12 heavy (non-hydrogen) atoms. The van der Waals surface area contributed by atoms with E-state index in [-0.39, 0.29) is 0 Å². The number of hydrogen-bond donors (Lipinski definition) is 3. The van der Waals surface area contributed by atoms with E-state index in [0.29, 0.717) is 5.76 Å². The Balaban J connectivity index is 2.28. The van der Waals surface area contributed by atoms with Crippen LogP contribution in [0.4, 0.5) is 0 Å². The monoisotopic (exact) mass is 166 g/mol. The van der Waals surface area contributed by atoms with Crippen LogP contribution < -0.4 is 10.9 Å². The molecule has 1 aliphatic heterocycles. The average Bonchev–Trinajstić information content (AvgIpc) is 2.55. The van der Waals surface area contributed by atoms with Gasteiger partial charge in [0.2, 0.25) is 0 Å². The van der Waals surface area contributed by atoms with Gasteiger partial charge >= 0.3 is 0 Å². The highest BCUT2D eigenvalue weighted by Gasteiger charge is 2.25. The molecule has 0 saturated carbocycles. The first-order valence-corrected chi connectivity index (χ1v) is 3.70. The summed E-state index contributed by atoms with van der Waals surface area (Å²) in [6.45, 7) is 1.65. The molecule has 2 heterocycles. The first-order valence-electron chi connectivity index (χ1n) is 3.70. The number of nitrogens with one attached hydrogen (secondary N) is 2. The molecule has 0 aliphatic carbocycles. The van der Waals surface area contributed by atoms with E-state index < -0.39 is 5.72 Å². The van der Waals surface area contributed by atoms with Gasteiger partial charge in [0.1, 0.15) is 0 Å². The maximum atomic E-state index is 9.47. The molecule has 1 unspecified atom stereocenters. The van der Waals surface area contributed by atoms with Crippen molar-refractivity contribution in [2.75, 3.05) is 0 Å². The van der Waals surface area contributed by atoms with Gasteiger partial charge in [0.25, 0.3) is 0 Å². The summed E-state index contributed by atoms with van der Waals surface area (Å²) in [4.78, 5) is 0. The van der Waals surface area contributed by atoms with Crippen LogP contribution in [0.2, 0.25) is 0 Å². The van der Waals surface area contributed by atoms with Gasteiger partial charge in [0.05, 0.1) is 12.0 Å². The summed E-state index contributed by atoms with van der Waals surface area (Å²) in [5.74, 6) is 0.709. The van der Waals surface area contributed by atoms with Gasteiger partial charge in [-0.3, -0.25) is 0 Å². The van der Waals surface area contributed by atoms with E-state index >= 15 is 0 Å². The molecule has 4 heteroatoms. The number of rotatable bonds is 1. The SMILES string of the molecule is CC1(O)C=C(c2ccco2)NN1. The molecule has 3 N–H and O–H groups in total. The van der Waals surface area contributed by atoms with Crippen molar-refractivity contribution in [2.45, 2.75) is 12.6 Å². The zero-order valence-corrected chi connectivity index (χ0v) is 6.66. The lowest BCUT2D eigenvalue weighted by molar-refractivity contribution is 0.0757. The second-order valence-corrected chi connectivity index (χ2v) is 2.93. The Bertz CT molecular complexity index is 301. The van der Waals surface area contributed by atoms with E-state index in [0.717, 1.165) is 5.70 Å². The van der Waals surface area contributed by atoms with Crippen LogP contribution in [0.5, 0.6) is 0 Å². The number of hydrazine groups is 1. The second kappa shape index (κ2) is 2.36. The van der Waals surface area contributed by atoms with E-state index in [4.69, 9.17) is 4.42 Å². The largest absolute Gasteiger partial charge is 0.463 e. The van der Waals surface area contributed by atoms with Gasteiger partial charge in [-0.25, -0.2) is 5.43 Å². The Hall–Kier alpha value is -1.26. The third-order valence-corrected chi connectivity index (χ3v) is 1.66. The molecule has 1 aliphatic rings. The van der Waals surface area contributed by atoms with E-state index in [1.54, 1.807) is 25.3 Å². The predicted molar refractivity (Wildman–Crippen MR) is 43.6 cm³/mol. The van der Waals surface area contributed by atoms with Gasteiger partial charge in [-0.15, -0.1) is 0 Å². The summed E-state index contributed by atoms with van der Waals surface area (Å²) < 4.78 is 5.13. The van der Waals surface area contributed by atoms with Crippen LogP contribution in [-0.4, -0.2) is 10.8 Å². The lowest BCUT2D eigenvalue weighted by Crippen LogP contribution is -2.41. The molecule has 0 radical (unpaired) electrons. The van der Waals surface area contributed by atoms with Crippen LogP contribution in [-0.2, 0) is 0 Å². The third kappa shape index (κ3) is 1.22. The van der Waals surface area contributed by atoms with Gasteiger partial charge in [-0.05, 0) is 25.1 Å². The summed E-state index contributed by atoms with van der Waals surface area (Å²) in [6.07, 6.45) is 3.25. The summed E-state index contributed by atoms with van der Waals surface area (Å²) in [7, 11) is 0. The predicted octanol–water partition coefficient (Wildman–Crippen LogP) is 0.437. The molecule has 1 aromatic heterocycles. The highest BCUT2D eigenvalue weighted by Crippen LogP contribution is 2.19. The molecule has 0 spiro atoms. The van der Waals surface area contributed by atoms with Gasteiger partial charge in [0.15, 0.2) is 11.5 Å². The third-order valence-electron chi connectivity index (χ3n) is 1.66.